The fourth-order valence-corrected chi connectivity index (χ4v) is 5.85. The average molecular weight is 493 g/mol. The summed E-state index contributed by atoms with van der Waals surface area (Å²) in [6.45, 7) is 6.95. The van der Waals surface area contributed by atoms with Crippen LogP contribution in [0.25, 0.3) is 0 Å². The molecular formula is C24H36N4O5S. The number of nitrogens with zero attached hydrogens (tertiary/aromatic N) is 3. The van der Waals surface area contributed by atoms with Crippen molar-refractivity contribution in [3.63, 3.8) is 0 Å². The molecule has 1 aromatic carbocycles. The summed E-state index contributed by atoms with van der Waals surface area (Å²) in [6.07, 6.45) is 3.72. The highest BCUT2D eigenvalue weighted by atomic mass is 32.2. The van der Waals surface area contributed by atoms with Gasteiger partial charge in [0, 0.05) is 44.8 Å². The summed E-state index contributed by atoms with van der Waals surface area (Å²) in [5.74, 6) is -0.168. The summed E-state index contributed by atoms with van der Waals surface area (Å²) in [6, 6.07) is 5.94. The quantitative estimate of drug-likeness (QED) is 0.412. The summed E-state index contributed by atoms with van der Waals surface area (Å²) >= 11 is 0. The minimum absolute atomic E-state index is 0.0325. The molecular weight excluding hydrogens is 456 g/mol. The number of amides is 2. The maximum absolute atomic E-state index is 12.9. The van der Waals surface area contributed by atoms with Crippen molar-refractivity contribution in [3.8, 4) is 0 Å². The highest BCUT2D eigenvalue weighted by Crippen LogP contribution is 2.20. The van der Waals surface area contributed by atoms with E-state index in [-0.39, 0.29) is 48.0 Å². The molecule has 2 amide bonds. The fourth-order valence-electron chi connectivity index (χ4n) is 4.43. The number of hydrogen-bond donors (Lipinski definition) is 1. The van der Waals surface area contributed by atoms with Crippen LogP contribution < -0.4 is 5.32 Å². The number of piperazine rings is 1. The largest absolute Gasteiger partial charge is 0.356 e. The van der Waals surface area contributed by atoms with Gasteiger partial charge < -0.3 is 10.2 Å². The molecule has 0 aliphatic carbocycles. The van der Waals surface area contributed by atoms with Crippen molar-refractivity contribution in [3.05, 3.63) is 29.8 Å². The highest BCUT2D eigenvalue weighted by molar-refractivity contribution is 7.89. The maximum atomic E-state index is 12.9. The Labute approximate surface area is 202 Å². The fraction of sp³-hybridized carbons (Fsp3) is 0.625. The monoisotopic (exact) mass is 492 g/mol. The Morgan fingerprint density at radius 1 is 1.03 bits per heavy atom. The van der Waals surface area contributed by atoms with E-state index in [0.29, 0.717) is 31.7 Å². The Morgan fingerprint density at radius 3 is 2.32 bits per heavy atom. The van der Waals surface area contributed by atoms with E-state index in [0.717, 1.165) is 32.2 Å². The number of unbranched alkanes of at least 4 members (excludes halogenated alkanes) is 1. The number of ketones is 1. The molecule has 9 nitrogen and oxygen atoms in total. The topological polar surface area (TPSA) is 107 Å². The van der Waals surface area contributed by atoms with E-state index < -0.39 is 10.0 Å². The summed E-state index contributed by atoms with van der Waals surface area (Å²) < 4.78 is 27.3. The zero-order chi connectivity index (χ0) is 24.7. The van der Waals surface area contributed by atoms with Gasteiger partial charge in [0.15, 0.2) is 5.78 Å². The molecule has 10 heteroatoms. The zero-order valence-electron chi connectivity index (χ0n) is 20.2. The number of Topliss-reactive ketones (excluding diaryl/α,β-unsaturated/α-hetero) is 1. The smallest absolute Gasteiger partial charge is 0.243 e. The highest BCUT2D eigenvalue weighted by Gasteiger charge is 2.32. The van der Waals surface area contributed by atoms with Gasteiger partial charge in [-0.3, -0.25) is 19.3 Å². The maximum Gasteiger partial charge on any atom is 0.243 e. The van der Waals surface area contributed by atoms with E-state index in [1.54, 1.807) is 4.90 Å². The third kappa shape index (κ3) is 6.64. The van der Waals surface area contributed by atoms with Crippen LogP contribution >= 0.6 is 0 Å². The minimum Gasteiger partial charge on any atom is -0.356 e. The van der Waals surface area contributed by atoms with Gasteiger partial charge in [-0.2, -0.15) is 4.31 Å². The first-order valence-electron chi connectivity index (χ1n) is 12.1. The molecule has 1 aromatic rings. The predicted molar refractivity (Wildman–Crippen MR) is 129 cm³/mol. The number of hydrogen-bond acceptors (Lipinski definition) is 6. The van der Waals surface area contributed by atoms with Gasteiger partial charge in [-0.1, -0.05) is 25.5 Å². The molecule has 1 N–H and O–H groups in total. The van der Waals surface area contributed by atoms with Crippen LogP contribution in [0.1, 0.15) is 49.9 Å². The van der Waals surface area contributed by atoms with Crippen LogP contribution in [0, 0.1) is 5.92 Å². The van der Waals surface area contributed by atoms with Crippen LogP contribution in [0.5, 0.6) is 0 Å². The molecule has 1 unspecified atom stereocenters. The molecule has 34 heavy (non-hydrogen) atoms. The van der Waals surface area contributed by atoms with Crippen LogP contribution in [0.4, 0.5) is 0 Å². The molecule has 0 radical (unpaired) electrons. The van der Waals surface area contributed by atoms with Crippen molar-refractivity contribution in [1.29, 1.82) is 0 Å². The van der Waals surface area contributed by atoms with Gasteiger partial charge in [-0.25, -0.2) is 8.42 Å². The van der Waals surface area contributed by atoms with Crippen LogP contribution in [0.15, 0.2) is 29.2 Å². The Hall–Kier alpha value is -2.30. The van der Waals surface area contributed by atoms with Crippen molar-refractivity contribution in [2.75, 3.05) is 52.4 Å². The second kappa shape index (κ2) is 11.9. The Kier molecular flexibility index (Phi) is 9.21. The van der Waals surface area contributed by atoms with Crippen molar-refractivity contribution in [2.24, 2.45) is 5.92 Å². The van der Waals surface area contributed by atoms with Gasteiger partial charge >= 0.3 is 0 Å². The number of rotatable bonds is 9. The zero-order valence-corrected chi connectivity index (χ0v) is 21.0. The number of carbonyl (C=O) groups is 3. The number of piperidine rings is 1. The predicted octanol–water partition coefficient (Wildman–Crippen LogP) is 1.35. The first-order valence-corrected chi connectivity index (χ1v) is 13.6. The summed E-state index contributed by atoms with van der Waals surface area (Å²) in [5, 5.41) is 2.99. The number of carbonyl (C=O) groups excluding carboxylic acids is 3. The van der Waals surface area contributed by atoms with Crippen LogP contribution in [0.3, 0.4) is 0 Å². The van der Waals surface area contributed by atoms with Gasteiger partial charge in [-0.05, 0) is 44.9 Å². The summed E-state index contributed by atoms with van der Waals surface area (Å²) in [4.78, 5) is 40.6. The number of nitrogens with one attached hydrogen (secondary N) is 1. The third-order valence-corrected chi connectivity index (χ3v) is 8.47. The van der Waals surface area contributed by atoms with E-state index in [1.807, 2.05) is 4.90 Å². The molecule has 2 fully saturated rings. The van der Waals surface area contributed by atoms with Gasteiger partial charge in [0.1, 0.15) is 0 Å². The lowest BCUT2D eigenvalue weighted by atomic mass is 9.97. The van der Waals surface area contributed by atoms with Crippen molar-refractivity contribution >= 4 is 27.6 Å². The minimum atomic E-state index is -3.68. The molecule has 2 saturated heterocycles. The molecule has 0 saturated carbocycles. The number of benzene rings is 1. The van der Waals surface area contributed by atoms with Crippen LogP contribution in [-0.4, -0.2) is 92.5 Å². The van der Waals surface area contributed by atoms with Gasteiger partial charge in [0.2, 0.25) is 21.8 Å². The van der Waals surface area contributed by atoms with Gasteiger partial charge in [0.25, 0.3) is 0 Å². The van der Waals surface area contributed by atoms with Crippen LogP contribution in [-0.2, 0) is 19.6 Å². The Bertz CT molecular complexity index is 972. The van der Waals surface area contributed by atoms with E-state index >= 15 is 0 Å². The van der Waals surface area contributed by atoms with E-state index in [1.165, 1.54) is 35.5 Å². The second-order valence-electron chi connectivity index (χ2n) is 9.08. The Morgan fingerprint density at radius 2 is 1.71 bits per heavy atom. The first-order chi connectivity index (χ1) is 16.2. The SMILES string of the molecule is CCCCNC(=O)C1CCCN(CC(=O)N2CCN(S(=O)(=O)c3ccc(C(C)=O)cc3)CC2)C1. The lowest BCUT2D eigenvalue weighted by molar-refractivity contribution is -0.135. The molecule has 2 heterocycles. The van der Waals surface area contributed by atoms with E-state index in [9.17, 15) is 22.8 Å². The molecule has 0 aromatic heterocycles. The first kappa shape index (κ1) is 26.3. The van der Waals surface area contributed by atoms with Crippen molar-refractivity contribution < 1.29 is 22.8 Å². The lowest BCUT2D eigenvalue weighted by Crippen LogP contribution is -2.53. The molecule has 2 aliphatic rings. The Balaban J connectivity index is 1.49. The van der Waals surface area contributed by atoms with E-state index in [2.05, 4.69) is 12.2 Å². The number of likely N-dealkylation sites (tertiary alicyclic amines) is 1. The lowest BCUT2D eigenvalue weighted by Gasteiger charge is -2.36. The third-order valence-electron chi connectivity index (χ3n) is 6.55. The summed E-state index contributed by atoms with van der Waals surface area (Å²) in [7, 11) is -3.68. The molecule has 0 bridgehead atoms. The molecule has 0 spiro atoms. The van der Waals surface area contributed by atoms with E-state index in [4.69, 9.17) is 0 Å². The standard InChI is InChI=1S/C24H36N4O5S/c1-3-4-11-25-24(31)21-6-5-12-26(17-21)18-23(30)27-13-15-28(16-14-27)34(32,33)22-9-7-20(8-10-22)19(2)29/h7-10,21H,3-6,11-18H2,1-2H3,(H,25,31). The number of sulfonamides is 1. The molecule has 1 atom stereocenters. The molecule has 2 aliphatic heterocycles. The second-order valence-corrected chi connectivity index (χ2v) is 11.0. The normalized spacial score (nSPS) is 20.2. The van der Waals surface area contributed by atoms with Crippen molar-refractivity contribution in [2.45, 2.75) is 44.4 Å². The van der Waals surface area contributed by atoms with Gasteiger partial charge in [0.05, 0.1) is 17.4 Å². The molecule has 188 valence electrons. The van der Waals surface area contributed by atoms with Crippen molar-refractivity contribution in [1.82, 2.24) is 19.4 Å². The molecule has 3 rings (SSSR count). The average Bonchev–Trinajstić information content (AvgIpc) is 2.84. The van der Waals surface area contributed by atoms with Gasteiger partial charge in [-0.15, -0.1) is 0 Å². The summed E-state index contributed by atoms with van der Waals surface area (Å²) in [5.41, 5.74) is 0.466. The van der Waals surface area contributed by atoms with Crippen LogP contribution in [0.2, 0.25) is 0 Å².